The van der Waals surface area contributed by atoms with Crippen molar-refractivity contribution in [3.8, 4) is 0 Å². The van der Waals surface area contributed by atoms with E-state index in [2.05, 4.69) is 16.9 Å². The molecule has 0 aliphatic carbocycles. The normalized spacial score (nSPS) is 10.7. The molecule has 6 heteroatoms. The molecule has 0 bridgehead atoms. The number of amides is 1. The van der Waals surface area contributed by atoms with Crippen molar-refractivity contribution >= 4 is 44.7 Å². The Bertz CT molecular complexity index is 678. The van der Waals surface area contributed by atoms with E-state index in [1.165, 1.54) is 11.3 Å². The zero-order chi connectivity index (χ0) is 14.2. The van der Waals surface area contributed by atoms with Crippen molar-refractivity contribution in [2.24, 2.45) is 0 Å². The molecule has 1 amide bonds. The van der Waals surface area contributed by atoms with Gasteiger partial charge >= 0.3 is 0 Å². The lowest BCUT2D eigenvalue weighted by Crippen LogP contribution is -2.22. The number of fused-ring (bicyclic) bond motifs is 1. The zero-order valence-electron chi connectivity index (χ0n) is 10.7. The number of hydrogen-bond acceptors (Lipinski definition) is 4. The fraction of sp³-hybridized carbons (Fsp3) is 0.231. The number of nitrogens with zero attached hydrogens (tertiary/aromatic N) is 1. The quantitative estimate of drug-likeness (QED) is 0.855. The number of carbonyl (C=O) groups excluding carboxylic acids is 1. The second kappa shape index (κ2) is 5.19. The van der Waals surface area contributed by atoms with Crippen LogP contribution in [0.2, 0.25) is 5.02 Å². The maximum Gasteiger partial charge on any atom is 0.263 e. The fourth-order valence-electron chi connectivity index (χ4n) is 1.87. The molecular formula is C13H14ClN3OS. The van der Waals surface area contributed by atoms with Crippen LogP contribution in [0.15, 0.2) is 12.7 Å². The van der Waals surface area contributed by atoms with Crippen LogP contribution in [0, 0.1) is 13.8 Å². The predicted molar refractivity (Wildman–Crippen MR) is 81.0 cm³/mol. The third-order valence-electron chi connectivity index (χ3n) is 2.83. The highest BCUT2D eigenvalue weighted by Gasteiger charge is 2.20. The molecule has 2 rings (SSSR count). The summed E-state index contributed by atoms with van der Waals surface area (Å²) in [6.45, 7) is 7.68. The van der Waals surface area contributed by atoms with Crippen molar-refractivity contribution < 1.29 is 4.79 Å². The third-order valence-corrected chi connectivity index (χ3v) is 4.49. The average molecular weight is 296 g/mol. The van der Waals surface area contributed by atoms with Crippen LogP contribution in [0.5, 0.6) is 0 Å². The maximum atomic E-state index is 12.0. The van der Waals surface area contributed by atoms with E-state index in [9.17, 15) is 4.79 Å². The summed E-state index contributed by atoms with van der Waals surface area (Å²) in [5.74, 6) is -0.214. The van der Waals surface area contributed by atoms with Gasteiger partial charge in [0.05, 0.1) is 16.4 Å². The number of nitrogens with two attached hydrogens (primary N) is 1. The molecule has 2 aromatic rings. The molecule has 100 valence electrons. The highest BCUT2D eigenvalue weighted by molar-refractivity contribution is 7.21. The van der Waals surface area contributed by atoms with Gasteiger partial charge in [0.25, 0.3) is 5.91 Å². The first-order valence-corrected chi connectivity index (χ1v) is 6.90. The first-order chi connectivity index (χ1) is 8.97. The minimum atomic E-state index is -0.214. The number of pyridine rings is 1. The Labute approximate surface area is 120 Å². The first-order valence-electron chi connectivity index (χ1n) is 5.71. The lowest BCUT2D eigenvalue weighted by Gasteiger charge is -2.04. The molecule has 0 unspecified atom stereocenters. The zero-order valence-corrected chi connectivity index (χ0v) is 12.3. The summed E-state index contributed by atoms with van der Waals surface area (Å²) < 4.78 is 0. The number of nitrogens with one attached hydrogen (secondary N) is 1. The predicted octanol–water partition coefficient (Wildman–Crippen LogP) is 3.06. The number of anilines is 1. The monoisotopic (exact) mass is 295 g/mol. The van der Waals surface area contributed by atoms with Gasteiger partial charge in [-0.25, -0.2) is 4.98 Å². The molecule has 0 spiro atoms. The topological polar surface area (TPSA) is 68.0 Å². The van der Waals surface area contributed by atoms with Gasteiger partial charge in [0.1, 0.15) is 9.71 Å². The van der Waals surface area contributed by atoms with E-state index < -0.39 is 0 Å². The largest absolute Gasteiger partial charge is 0.397 e. The smallest absolute Gasteiger partial charge is 0.263 e. The van der Waals surface area contributed by atoms with Gasteiger partial charge < -0.3 is 11.1 Å². The molecule has 19 heavy (non-hydrogen) atoms. The summed E-state index contributed by atoms with van der Waals surface area (Å²) >= 11 is 7.45. The molecule has 0 saturated carbocycles. The second-order valence-corrected chi connectivity index (χ2v) is 5.54. The van der Waals surface area contributed by atoms with Crippen LogP contribution in [-0.4, -0.2) is 17.4 Å². The molecule has 0 atom stereocenters. The van der Waals surface area contributed by atoms with Crippen LogP contribution in [0.4, 0.5) is 5.69 Å². The van der Waals surface area contributed by atoms with Crippen LogP contribution in [-0.2, 0) is 0 Å². The van der Waals surface area contributed by atoms with Gasteiger partial charge in [-0.05, 0) is 19.4 Å². The standard InChI is InChI=1S/C13H14ClN3OS/c1-4-5-16-12(18)11-10(15)8-6(2)9(14)7(3)17-13(8)19-11/h4H,1,5,15H2,2-3H3,(H,16,18). The molecule has 0 aliphatic heterocycles. The molecule has 0 fully saturated rings. The molecule has 3 N–H and O–H groups in total. The van der Waals surface area contributed by atoms with Gasteiger partial charge in [0.2, 0.25) is 0 Å². The minimum Gasteiger partial charge on any atom is -0.397 e. The molecule has 4 nitrogen and oxygen atoms in total. The molecule has 0 aliphatic rings. The fourth-order valence-corrected chi connectivity index (χ4v) is 3.12. The van der Waals surface area contributed by atoms with Gasteiger partial charge in [-0.3, -0.25) is 4.79 Å². The third kappa shape index (κ3) is 2.31. The van der Waals surface area contributed by atoms with Crippen molar-refractivity contribution in [3.63, 3.8) is 0 Å². The Morgan fingerprint density at radius 2 is 2.26 bits per heavy atom. The Morgan fingerprint density at radius 1 is 1.58 bits per heavy atom. The molecule has 2 aromatic heterocycles. The average Bonchev–Trinajstić information content (AvgIpc) is 2.70. The number of rotatable bonds is 3. The Hall–Kier alpha value is -1.59. The summed E-state index contributed by atoms with van der Waals surface area (Å²) in [4.78, 5) is 17.6. The van der Waals surface area contributed by atoms with E-state index in [0.29, 0.717) is 22.1 Å². The van der Waals surface area contributed by atoms with Crippen LogP contribution < -0.4 is 11.1 Å². The van der Waals surface area contributed by atoms with Crippen molar-refractivity contribution in [1.29, 1.82) is 0 Å². The highest BCUT2D eigenvalue weighted by atomic mass is 35.5. The second-order valence-electron chi connectivity index (χ2n) is 4.16. The van der Waals surface area contributed by atoms with Crippen molar-refractivity contribution in [1.82, 2.24) is 10.3 Å². The minimum absolute atomic E-state index is 0.214. The Kier molecular flexibility index (Phi) is 3.78. The molecule has 2 heterocycles. The number of aryl methyl sites for hydroxylation is 2. The van der Waals surface area contributed by atoms with Crippen LogP contribution in [0.3, 0.4) is 0 Å². The summed E-state index contributed by atoms with van der Waals surface area (Å²) in [6.07, 6.45) is 1.62. The van der Waals surface area contributed by atoms with E-state index >= 15 is 0 Å². The maximum absolute atomic E-state index is 12.0. The molecular weight excluding hydrogens is 282 g/mol. The van der Waals surface area contributed by atoms with Gasteiger partial charge in [-0.2, -0.15) is 0 Å². The van der Waals surface area contributed by atoms with Crippen molar-refractivity contribution in [2.45, 2.75) is 13.8 Å². The highest BCUT2D eigenvalue weighted by Crippen LogP contribution is 2.38. The van der Waals surface area contributed by atoms with E-state index in [4.69, 9.17) is 17.3 Å². The number of carbonyl (C=O) groups is 1. The lowest BCUT2D eigenvalue weighted by molar-refractivity contribution is 0.0963. The summed E-state index contributed by atoms with van der Waals surface area (Å²) in [7, 11) is 0. The number of aromatic nitrogens is 1. The van der Waals surface area contributed by atoms with Crippen LogP contribution in [0.25, 0.3) is 10.2 Å². The van der Waals surface area contributed by atoms with E-state index in [0.717, 1.165) is 21.5 Å². The van der Waals surface area contributed by atoms with Crippen LogP contribution in [0.1, 0.15) is 20.9 Å². The van der Waals surface area contributed by atoms with Gasteiger partial charge in [-0.15, -0.1) is 17.9 Å². The SMILES string of the molecule is C=CCNC(=O)c1sc2nc(C)c(Cl)c(C)c2c1N. The molecule has 0 radical (unpaired) electrons. The Morgan fingerprint density at radius 3 is 2.89 bits per heavy atom. The van der Waals surface area contributed by atoms with Crippen molar-refractivity contribution in [2.75, 3.05) is 12.3 Å². The van der Waals surface area contributed by atoms with E-state index in [1.54, 1.807) is 6.08 Å². The number of thiophene rings is 1. The Balaban J connectivity index is 2.60. The number of nitrogen functional groups attached to an aromatic ring is 1. The van der Waals surface area contributed by atoms with Gasteiger partial charge in [0, 0.05) is 11.9 Å². The summed E-state index contributed by atoms with van der Waals surface area (Å²) in [5.41, 5.74) is 8.10. The molecule has 0 saturated heterocycles. The summed E-state index contributed by atoms with van der Waals surface area (Å²) in [5, 5.41) is 4.07. The van der Waals surface area contributed by atoms with E-state index in [1.807, 2.05) is 13.8 Å². The van der Waals surface area contributed by atoms with Gasteiger partial charge in [0.15, 0.2) is 0 Å². The molecule has 0 aromatic carbocycles. The first kappa shape index (κ1) is 13.8. The lowest BCUT2D eigenvalue weighted by atomic mass is 10.1. The van der Waals surface area contributed by atoms with Crippen LogP contribution >= 0.6 is 22.9 Å². The number of hydrogen-bond donors (Lipinski definition) is 2. The van der Waals surface area contributed by atoms with E-state index in [-0.39, 0.29) is 5.91 Å². The summed E-state index contributed by atoms with van der Waals surface area (Å²) in [6, 6.07) is 0. The van der Waals surface area contributed by atoms with Gasteiger partial charge in [-0.1, -0.05) is 17.7 Å². The van der Waals surface area contributed by atoms with Crippen molar-refractivity contribution in [3.05, 3.63) is 33.8 Å². The number of halogens is 1.